The van der Waals surface area contributed by atoms with Gasteiger partial charge in [0.05, 0.1) is 5.69 Å². The van der Waals surface area contributed by atoms with Crippen molar-refractivity contribution in [3.05, 3.63) is 87.9 Å². The number of anilines is 1. The molecule has 2 aliphatic heterocycles. The van der Waals surface area contributed by atoms with Crippen LogP contribution in [0.2, 0.25) is 5.02 Å². The molecule has 0 atom stereocenters. The molecule has 1 saturated heterocycles. The van der Waals surface area contributed by atoms with Gasteiger partial charge in [-0.2, -0.15) is 0 Å². The van der Waals surface area contributed by atoms with Gasteiger partial charge in [0.15, 0.2) is 11.5 Å². The van der Waals surface area contributed by atoms with Gasteiger partial charge in [-0.15, -0.1) is 0 Å². The van der Waals surface area contributed by atoms with Crippen LogP contribution in [0.15, 0.2) is 66.2 Å². The maximum absolute atomic E-state index is 13.2. The topological polar surface area (TPSA) is 94.2 Å². The number of carbonyl (C=O) groups is 3. The zero-order valence-corrected chi connectivity index (χ0v) is 19.3. The van der Waals surface area contributed by atoms with E-state index in [9.17, 15) is 14.4 Å². The highest BCUT2D eigenvalue weighted by Crippen LogP contribution is 2.33. The number of nitrogens with one attached hydrogen (secondary N) is 1. The van der Waals surface area contributed by atoms with E-state index in [2.05, 4.69) is 5.32 Å². The van der Waals surface area contributed by atoms with Crippen LogP contribution in [0.5, 0.6) is 17.2 Å². The summed E-state index contributed by atoms with van der Waals surface area (Å²) in [5.74, 6) is 0.228. The molecule has 1 N–H and O–H groups in total. The van der Waals surface area contributed by atoms with E-state index in [0.717, 1.165) is 16.0 Å². The van der Waals surface area contributed by atoms with Crippen LogP contribution in [-0.4, -0.2) is 24.6 Å². The lowest BCUT2D eigenvalue weighted by molar-refractivity contribution is -0.122. The van der Waals surface area contributed by atoms with Crippen molar-refractivity contribution in [1.29, 1.82) is 0 Å². The van der Waals surface area contributed by atoms with Gasteiger partial charge in [0, 0.05) is 10.6 Å². The van der Waals surface area contributed by atoms with Gasteiger partial charge in [-0.1, -0.05) is 41.9 Å². The summed E-state index contributed by atoms with van der Waals surface area (Å²) in [6, 6.07) is 16.4. The third kappa shape index (κ3) is 4.43. The number of imide groups is 2. The van der Waals surface area contributed by atoms with Crippen molar-refractivity contribution in [3.8, 4) is 17.2 Å². The second kappa shape index (κ2) is 9.15. The number of rotatable bonds is 5. The van der Waals surface area contributed by atoms with Crippen LogP contribution in [0.4, 0.5) is 10.5 Å². The number of hydrogen-bond acceptors (Lipinski definition) is 6. The molecule has 4 amide bonds. The number of ether oxygens (including phenoxy) is 3. The first-order valence-electron chi connectivity index (χ1n) is 10.7. The number of amides is 4. The van der Waals surface area contributed by atoms with Gasteiger partial charge in [0.25, 0.3) is 11.8 Å². The summed E-state index contributed by atoms with van der Waals surface area (Å²) in [4.78, 5) is 39.1. The van der Waals surface area contributed by atoms with Gasteiger partial charge in [0.2, 0.25) is 6.79 Å². The molecule has 0 aromatic heterocycles. The summed E-state index contributed by atoms with van der Waals surface area (Å²) in [6.07, 6.45) is 1.40. The highest BCUT2D eigenvalue weighted by molar-refractivity contribution is 6.39. The first kappa shape index (κ1) is 22.5. The van der Waals surface area contributed by atoms with E-state index in [1.165, 1.54) is 12.1 Å². The highest BCUT2D eigenvalue weighted by atomic mass is 35.5. The Morgan fingerprint density at radius 3 is 2.66 bits per heavy atom. The lowest BCUT2D eigenvalue weighted by atomic mass is 10.1. The number of para-hydroxylation sites is 1. The number of benzene rings is 3. The van der Waals surface area contributed by atoms with Crippen molar-refractivity contribution >= 4 is 41.2 Å². The molecule has 35 heavy (non-hydrogen) atoms. The maximum atomic E-state index is 13.2. The Bertz CT molecular complexity index is 1400. The van der Waals surface area contributed by atoms with Crippen molar-refractivity contribution in [2.24, 2.45) is 0 Å². The molecule has 0 radical (unpaired) electrons. The van der Waals surface area contributed by atoms with Crippen LogP contribution in [-0.2, 0) is 16.2 Å². The number of barbiturate groups is 1. The number of halogens is 1. The van der Waals surface area contributed by atoms with Crippen LogP contribution < -0.4 is 24.4 Å². The summed E-state index contributed by atoms with van der Waals surface area (Å²) in [5.41, 5.74) is 2.20. The van der Waals surface area contributed by atoms with Crippen LogP contribution in [0.1, 0.15) is 16.7 Å². The Morgan fingerprint density at radius 2 is 1.83 bits per heavy atom. The minimum absolute atomic E-state index is 0.181. The molecular formula is C26H19ClN2O6. The minimum Gasteiger partial charge on any atom is -0.488 e. The summed E-state index contributed by atoms with van der Waals surface area (Å²) in [5, 5.41) is 2.61. The Hall–Kier alpha value is -4.30. The van der Waals surface area contributed by atoms with Gasteiger partial charge in [0.1, 0.15) is 17.9 Å². The van der Waals surface area contributed by atoms with E-state index in [1.54, 1.807) is 43.3 Å². The van der Waals surface area contributed by atoms with E-state index in [-0.39, 0.29) is 24.7 Å². The molecule has 2 aliphatic rings. The zero-order valence-electron chi connectivity index (χ0n) is 18.5. The number of hydrogen-bond donors (Lipinski definition) is 1. The quantitative estimate of drug-likeness (QED) is 0.414. The maximum Gasteiger partial charge on any atom is 0.335 e. The first-order valence-corrected chi connectivity index (χ1v) is 11.1. The second-order valence-electron chi connectivity index (χ2n) is 7.91. The number of nitrogens with zero attached hydrogens (tertiary/aromatic N) is 1. The summed E-state index contributed by atoms with van der Waals surface area (Å²) >= 11 is 6.18. The SMILES string of the molecule is Cc1ccc(N2C(=O)NC(=O)/C(=C/c3ccccc3OCc3ccc4c(c3)OCO4)C2=O)cc1Cl. The summed E-state index contributed by atoms with van der Waals surface area (Å²) in [6.45, 7) is 2.21. The molecule has 0 aliphatic carbocycles. The van der Waals surface area contributed by atoms with Crippen LogP contribution in [0.3, 0.4) is 0 Å². The predicted molar refractivity (Wildman–Crippen MR) is 129 cm³/mol. The standard InChI is InChI=1S/C26H19ClN2O6/c1-15-6-8-18(12-20(15)27)29-25(31)19(24(30)28-26(29)32)11-17-4-2-3-5-21(17)33-13-16-7-9-22-23(10-16)35-14-34-22/h2-12H,13-14H2,1H3,(H,28,30,32)/b19-11-. The van der Waals surface area contributed by atoms with Crippen molar-refractivity contribution in [3.63, 3.8) is 0 Å². The predicted octanol–water partition coefficient (Wildman–Crippen LogP) is 4.62. The molecule has 9 heteroatoms. The van der Waals surface area contributed by atoms with Crippen LogP contribution >= 0.6 is 11.6 Å². The molecule has 1 fully saturated rings. The van der Waals surface area contributed by atoms with Crippen molar-refractivity contribution in [1.82, 2.24) is 5.32 Å². The molecule has 0 saturated carbocycles. The second-order valence-corrected chi connectivity index (χ2v) is 8.31. The monoisotopic (exact) mass is 490 g/mol. The Balaban J connectivity index is 1.42. The van der Waals surface area contributed by atoms with E-state index in [1.807, 2.05) is 18.2 Å². The van der Waals surface area contributed by atoms with Crippen molar-refractivity contribution in [2.75, 3.05) is 11.7 Å². The largest absolute Gasteiger partial charge is 0.488 e. The van der Waals surface area contributed by atoms with Crippen molar-refractivity contribution < 1.29 is 28.6 Å². The number of fused-ring (bicyclic) bond motifs is 1. The first-order chi connectivity index (χ1) is 16.9. The van der Waals surface area contributed by atoms with Gasteiger partial charge in [-0.05, 0) is 54.5 Å². The molecule has 3 aromatic rings. The average Bonchev–Trinajstić information content (AvgIpc) is 3.31. The highest BCUT2D eigenvalue weighted by Gasteiger charge is 2.37. The fourth-order valence-corrected chi connectivity index (χ4v) is 3.87. The van der Waals surface area contributed by atoms with Gasteiger partial charge < -0.3 is 14.2 Å². The molecule has 176 valence electrons. The zero-order chi connectivity index (χ0) is 24.5. The molecule has 3 aromatic carbocycles. The Kier molecular flexibility index (Phi) is 5.88. The van der Waals surface area contributed by atoms with Gasteiger partial charge in [-0.3, -0.25) is 14.9 Å². The lowest BCUT2D eigenvalue weighted by Gasteiger charge is -2.26. The molecule has 8 nitrogen and oxygen atoms in total. The molecule has 0 bridgehead atoms. The normalized spacial score (nSPS) is 16.0. The number of carbonyl (C=O) groups excluding carboxylic acids is 3. The van der Waals surface area contributed by atoms with E-state index >= 15 is 0 Å². The summed E-state index contributed by atoms with van der Waals surface area (Å²) < 4.78 is 16.7. The fraction of sp³-hybridized carbons (Fsp3) is 0.115. The fourth-order valence-electron chi connectivity index (χ4n) is 3.69. The van der Waals surface area contributed by atoms with E-state index in [0.29, 0.717) is 27.8 Å². The molecule has 0 spiro atoms. The van der Waals surface area contributed by atoms with Gasteiger partial charge in [-0.25, -0.2) is 9.69 Å². The van der Waals surface area contributed by atoms with Crippen molar-refractivity contribution in [2.45, 2.75) is 13.5 Å². The average molecular weight is 491 g/mol. The van der Waals surface area contributed by atoms with Gasteiger partial charge >= 0.3 is 6.03 Å². The third-order valence-electron chi connectivity index (χ3n) is 5.57. The lowest BCUT2D eigenvalue weighted by Crippen LogP contribution is -2.54. The minimum atomic E-state index is -0.843. The number of urea groups is 1. The molecule has 0 unspecified atom stereocenters. The Morgan fingerprint density at radius 1 is 1.03 bits per heavy atom. The third-order valence-corrected chi connectivity index (χ3v) is 5.97. The number of aryl methyl sites for hydroxylation is 1. The molecule has 5 rings (SSSR count). The summed E-state index contributed by atoms with van der Waals surface area (Å²) in [7, 11) is 0. The smallest absolute Gasteiger partial charge is 0.335 e. The Labute approximate surface area is 205 Å². The molecular weight excluding hydrogens is 472 g/mol. The van der Waals surface area contributed by atoms with Crippen LogP contribution in [0, 0.1) is 6.92 Å². The molecule has 2 heterocycles. The van der Waals surface area contributed by atoms with E-state index < -0.39 is 17.8 Å². The van der Waals surface area contributed by atoms with Crippen LogP contribution in [0.25, 0.3) is 6.08 Å². The van der Waals surface area contributed by atoms with E-state index in [4.69, 9.17) is 25.8 Å².